The number of benzene rings is 2. The van der Waals surface area contributed by atoms with Crippen LogP contribution in [0.3, 0.4) is 0 Å². The van der Waals surface area contributed by atoms with Gasteiger partial charge >= 0.3 is 11.6 Å². The molecule has 1 heterocycles. The average Bonchev–Trinajstić information content (AvgIpc) is 2.54. The van der Waals surface area contributed by atoms with Gasteiger partial charge in [-0.3, -0.25) is 0 Å². The highest BCUT2D eigenvalue weighted by Gasteiger charge is 2.16. The molecule has 0 amide bonds. The molecule has 3 aromatic rings. The van der Waals surface area contributed by atoms with Crippen LogP contribution >= 0.6 is 31.9 Å². The second-order valence-electron chi connectivity index (χ2n) is 4.82. The zero-order valence-corrected chi connectivity index (χ0v) is 14.9. The molecule has 0 saturated heterocycles. The molecular formula is C17H10Br2O4. The van der Waals surface area contributed by atoms with Crippen molar-refractivity contribution >= 4 is 48.8 Å². The molecule has 2 aromatic carbocycles. The molecule has 23 heavy (non-hydrogen) atoms. The van der Waals surface area contributed by atoms with Crippen LogP contribution in [0.25, 0.3) is 11.0 Å². The highest BCUT2D eigenvalue weighted by molar-refractivity contribution is 9.11. The van der Waals surface area contributed by atoms with E-state index in [2.05, 4.69) is 31.9 Å². The second kappa shape index (κ2) is 6.68. The van der Waals surface area contributed by atoms with E-state index in [0.29, 0.717) is 15.4 Å². The van der Waals surface area contributed by atoms with Gasteiger partial charge < -0.3 is 9.15 Å². The summed E-state index contributed by atoms with van der Waals surface area (Å²) in [5.41, 5.74) is 0.381. The van der Waals surface area contributed by atoms with E-state index >= 15 is 0 Å². The van der Waals surface area contributed by atoms with Gasteiger partial charge in [0, 0.05) is 9.86 Å². The fourth-order valence-corrected chi connectivity index (χ4v) is 3.44. The molecule has 0 aliphatic carbocycles. The van der Waals surface area contributed by atoms with Gasteiger partial charge in [-0.05, 0) is 39.7 Å². The van der Waals surface area contributed by atoms with Crippen LogP contribution in [0.1, 0.15) is 15.9 Å². The Morgan fingerprint density at radius 3 is 2.57 bits per heavy atom. The Morgan fingerprint density at radius 1 is 1.09 bits per heavy atom. The molecule has 0 radical (unpaired) electrons. The normalized spacial score (nSPS) is 10.7. The van der Waals surface area contributed by atoms with Gasteiger partial charge in [-0.25, -0.2) is 9.59 Å². The lowest BCUT2D eigenvalue weighted by molar-refractivity contribution is 0.0468. The molecular weight excluding hydrogens is 428 g/mol. The summed E-state index contributed by atoms with van der Waals surface area (Å²) in [6, 6.07) is 14.2. The predicted octanol–water partition coefficient (Wildman–Crippen LogP) is 4.68. The first-order valence-corrected chi connectivity index (χ1v) is 8.27. The van der Waals surface area contributed by atoms with E-state index in [4.69, 9.17) is 9.15 Å². The van der Waals surface area contributed by atoms with Gasteiger partial charge in [0.05, 0.1) is 4.47 Å². The molecule has 0 N–H and O–H groups in total. The summed E-state index contributed by atoms with van der Waals surface area (Å²) in [7, 11) is 0. The maximum Gasteiger partial charge on any atom is 0.351 e. The lowest BCUT2D eigenvalue weighted by Crippen LogP contribution is -2.16. The Bertz CT molecular complexity index is 932. The standard InChI is InChI=1S/C17H10Br2O4/c18-12-6-11-7-13(17(21)23-15(11)14(19)8-12)16(20)22-9-10-4-2-1-3-5-10/h1-8H,9H2. The topological polar surface area (TPSA) is 56.5 Å². The number of fused-ring (bicyclic) bond motifs is 1. The van der Waals surface area contributed by atoms with Gasteiger partial charge in [0.1, 0.15) is 12.2 Å². The van der Waals surface area contributed by atoms with E-state index in [-0.39, 0.29) is 12.2 Å². The van der Waals surface area contributed by atoms with E-state index in [1.165, 1.54) is 6.07 Å². The van der Waals surface area contributed by atoms with Crippen molar-refractivity contribution in [3.63, 3.8) is 0 Å². The summed E-state index contributed by atoms with van der Waals surface area (Å²) < 4.78 is 11.8. The molecule has 116 valence electrons. The first-order valence-electron chi connectivity index (χ1n) is 6.68. The van der Waals surface area contributed by atoms with Crippen molar-refractivity contribution in [2.75, 3.05) is 0 Å². The fourth-order valence-electron chi connectivity index (χ4n) is 2.10. The first-order chi connectivity index (χ1) is 11.0. The van der Waals surface area contributed by atoms with E-state index in [0.717, 1.165) is 10.0 Å². The van der Waals surface area contributed by atoms with Crippen LogP contribution in [-0.4, -0.2) is 5.97 Å². The summed E-state index contributed by atoms with van der Waals surface area (Å²) >= 11 is 6.68. The van der Waals surface area contributed by atoms with Crippen molar-refractivity contribution in [1.29, 1.82) is 0 Å². The van der Waals surface area contributed by atoms with Crippen LogP contribution in [0.2, 0.25) is 0 Å². The Balaban J connectivity index is 1.91. The third-order valence-electron chi connectivity index (χ3n) is 3.18. The van der Waals surface area contributed by atoms with Crippen molar-refractivity contribution in [2.24, 2.45) is 0 Å². The van der Waals surface area contributed by atoms with E-state index in [1.54, 1.807) is 12.1 Å². The van der Waals surface area contributed by atoms with Crippen molar-refractivity contribution in [2.45, 2.75) is 6.61 Å². The maximum atomic E-state index is 12.1. The number of hydrogen-bond donors (Lipinski definition) is 0. The molecule has 0 spiro atoms. The fraction of sp³-hybridized carbons (Fsp3) is 0.0588. The van der Waals surface area contributed by atoms with Crippen LogP contribution in [0.5, 0.6) is 0 Å². The Kier molecular flexibility index (Phi) is 4.63. The van der Waals surface area contributed by atoms with Gasteiger partial charge in [-0.1, -0.05) is 46.3 Å². The first kappa shape index (κ1) is 16.0. The zero-order valence-electron chi connectivity index (χ0n) is 11.7. The number of carbonyl (C=O) groups excluding carboxylic acids is 1. The van der Waals surface area contributed by atoms with Crippen LogP contribution in [0.15, 0.2) is 66.7 Å². The highest BCUT2D eigenvalue weighted by atomic mass is 79.9. The van der Waals surface area contributed by atoms with Gasteiger partial charge in [0.2, 0.25) is 0 Å². The Hall–Kier alpha value is -1.92. The molecule has 0 bridgehead atoms. The molecule has 6 heteroatoms. The minimum Gasteiger partial charge on any atom is -0.457 e. The highest BCUT2D eigenvalue weighted by Crippen LogP contribution is 2.28. The number of esters is 1. The summed E-state index contributed by atoms with van der Waals surface area (Å²) in [5, 5.41) is 0.623. The molecule has 1 aromatic heterocycles. The minimum absolute atomic E-state index is 0.0966. The molecule has 0 saturated carbocycles. The summed E-state index contributed by atoms with van der Waals surface area (Å²) in [6.45, 7) is 0.0966. The number of hydrogen-bond acceptors (Lipinski definition) is 4. The van der Waals surface area contributed by atoms with Crippen LogP contribution in [0.4, 0.5) is 0 Å². The molecule has 0 unspecified atom stereocenters. The van der Waals surface area contributed by atoms with Gasteiger partial charge in [-0.15, -0.1) is 0 Å². The third-order valence-corrected chi connectivity index (χ3v) is 4.23. The van der Waals surface area contributed by atoms with Gasteiger partial charge in [-0.2, -0.15) is 0 Å². The third kappa shape index (κ3) is 3.54. The van der Waals surface area contributed by atoms with Crippen molar-refractivity contribution < 1.29 is 13.9 Å². The van der Waals surface area contributed by atoms with Gasteiger partial charge in [0.25, 0.3) is 0 Å². The largest absolute Gasteiger partial charge is 0.457 e. The van der Waals surface area contributed by atoms with Crippen LogP contribution in [0, 0.1) is 0 Å². The van der Waals surface area contributed by atoms with Crippen molar-refractivity contribution in [1.82, 2.24) is 0 Å². The molecule has 0 aliphatic heterocycles. The lowest BCUT2D eigenvalue weighted by Gasteiger charge is -2.06. The quantitative estimate of drug-likeness (QED) is 0.441. The average molecular weight is 438 g/mol. The van der Waals surface area contributed by atoms with E-state index in [9.17, 15) is 9.59 Å². The monoisotopic (exact) mass is 436 g/mol. The molecule has 4 nitrogen and oxygen atoms in total. The minimum atomic E-state index is -0.724. The second-order valence-corrected chi connectivity index (χ2v) is 6.59. The number of carbonyl (C=O) groups is 1. The van der Waals surface area contributed by atoms with E-state index in [1.807, 2.05) is 30.3 Å². The van der Waals surface area contributed by atoms with Crippen LogP contribution in [-0.2, 0) is 11.3 Å². The molecule has 3 rings (SSSR count). The Labute approximate surface area is 148 Å². The number of halogens is 2. The van der Waals surface area contributed by atoms with Crippen LogP contribution < -0.4 is 5.63 Å². The lowest BCUT2D eigenvalue weighted by atomic mass is 10.2. The van der Waals surface area contributed by atoms with Crippen molar-refractivity contribution in [3.8, 4) is 0 Å². The summed E-state index contributed by atoms with van der Waals surface area (Å²) in [4.78, 5) is 24.2. The zero-order chi connectivity index (χ0) is 16.4. The number of rotatable bonds is 3. The molecule has 0 aliphatic rings. The predicted molar refractivity (Wildman–Crippen MR) is 93.4 cm³/mol. The summed E-state index contributed by atoms with van der Waals surface area (Å²) in [5.74, 6) is -0.708. The smallest absolute Gasteiger partial charge is 0.351 e. The molecule has 0 atom stereocenters. The Morgan fingerprint density at radius 2 is 1.83 bits per heavy atom. The number of ether oxygens (including phenoxy) is 1. The maximum absolute atomic E-state index is 12.1. The molecule has 0 fully saturated rings. The summed E-state index contributed by atoms with van der Waals surface area (Å²) in [6.07, 6.45) is 0. The van der Waals surface area contributed by atoms with Crippen molar-refractivity contribution in [3.05, 3.63) is 79.0 Å². The van der Waals surface area contributed by atoms with Gasteiger partial charge in [0.15, 0.2) is 5.58 Å². The van der Waals surface area contributed by atoms with E-state index < -0.39 is 11.6 Å². The SMILES string of the molecule is O=C(OCc1ccccc1)c1cc2cc(Br)cc(Br)c2oc1=O.